The van der Waals surface area contributed by atoms with Gasteiger partial charge in [0.05, 0.1) is 34.1 Å². The summed E-state index contributed by atoms with van der Waals surface area (Å²) in [6.07, 6.45) is 2.99. The van der Waals surface area contributed by atoms with Crippen molar-refractivity contribution in [2.24, 2.45) is 0 Å². The molecular formula is C25H24FNO6. The number of carbonyl (C=O) groups excluding carboxylic acids is 1. The largest absolute Gasteiger partial charge is 0.495 e. The van der Waals surface area contributed by atoms with Crippen molar-refractivity contribution in [1.82, 2.24) is 0 Å². The zero-order valence-electron chi connectivity index (χ0n) is 18.7. The number of benzene rings is 3. The Morgan fingerprint density at radius 3 is 1.94 bits per heavy atom. The lowest BCUT2D eigenvalue weighted by Gasteiger charge is -2.13. The SMILES string of the molecule is COc1ccc(/C=C\c2cc(OC)c(OC)c(OC)c2)cc1NC(=O)Oc1ccc(F)cc1. The van der Waals surface area contributed by atoms with Gasteiger partial charge < -0.3 is 23.7 Å². The Bertz CT molecular complexity index is 1120. The third-order valence-corrected chi connectivity index (χ3v) is 4.64. The lowest BCUT2D eigenvalue weighted by molar-refractivity contribution is 0.215. The highest BCUT2D eigenvalue weighted by Gasteiger charge is 2.13. The fourth-order valence-electron chi connectivity index (χ4n) is 3.06. The molecule has 0 spiro atoms. The number of carbonyl (C=O) groups is 1. The van der Waals surface area contributed by atoms with Crippen molar-refractivity contribution in [2.75, 3.05) is 33.8 Å². The molecule has 0 radical (unpaired) electrons. The highest BCUT2D eigenvalue weighted by Crippen LogP contribution is 2.38. The van der Waals surface area contributed by atoms with Gasteiger partial charge in [-0.3, -0.25) is 5.32 Å². The van der Waals surface area contributed by atoms with E-state index in [1.165, 1.54) is 31.4 Å². The van der Waals surface area contributed by atoms with Gasteiger partial charge in [0.2, 0.25) is 5.75 Å². The first-order chi connectivity index (χ1) is 16.0. The third-order valence-electron chi connectivity index (χ3n) is 4.64. The van der Waals surface area contributed by atoms with Crippen molar-refractivity contribution < 1.29 is 32.9 Å². The molecule has 172 valence electrons. The molecule has 3 rings (SSSR count). The Labute approximate surface area is 191 Å². The maximum absolute atomic E-state index is 13.0. The van der Waals surface area contributed by atoms with Crippen LogP contribution in [-0.4, -0.2) is 34.5 Å². The Balaban J connectivity index is 1.81. The minimum atomic E-state index is -0.731. The normalized spacial score (nSPS) is 10.6. The molecule has 0 aliphatic heterocycles. The summed E-state index contributed by atoms with van der Waals surface area (Å²) in [5, 5.41) is 2.64. The summed E-state index contributed by atoms with van der Waals surface area (Å²) in [4.78, 5) is 12.3. The van der Waals surface area contributed by atoms with Gasteiger partial charge in [-0.05, 0) is 59.7 Å². The van der Waals surface area contributed by atoms with Crippen LogP contribution in [0.2, 0.25) is 0 Å². The lowest BCUT2D eigenvalue weighted by Crippen LogP contribution is -2.17. The highest BCUT2D eigenvalue weighted by molar-refractivity contribution is 5.89. The second-order valence-corrected chi connectivity index (χ2v) is 6.72. The first-order valence-corrected chi connectivity index (χ1v) is 9.88. The van der Waals surface area contributed by atoms with Crippen LogP contribution < -0.4 is 29.0 Å². The van der Waals surface area contributed by atoms with Crippen LogP contribution >= 0.6 is 0 Å². The van der Waals surface area contributed by atoms with Crippen LogP contribution in [0.3, 0.4) is 0 Å². The Morgan fingerprint density at radius 1 is 0.758 bits per heavy atom. The molecule has 0 unspecified atom stereocenters. The van der Waals surface area contributed by atoms with Crippen LogP contribution in [0.25, 0.3) is 12.2 Å². The Kier molecular flexibility index (Phi) is 7.75. The quantitative estimate of drug-likeness (QED) is 0.445. The van der Waals surface area contributed by atoms with Crippen LogP contribution in [0.5, 0.6) is 28.7 Å². The highest BCUT2D eigenvalue weighted by atomic mass is 19.1. The zero-order valence-corrected chi connectivity index (χ0v) is 18.7. The van der Waals surface area contributed by atoms with Crippen LogP contribution in [-0.2, 0) is 0 Å². The fraction of sp³-hybridized carbons (Fsp3) is 0.160. The summed E-state index contributed by atoms with van der Waals surface area (Å²) in [6, 6.07) is 14.1. The number of amides is 1. The van der Waals surface area contributed by atoms with Crippen LogP contribution in [0.4, 0.5) is 14.9 Å². The van der Waals surface area contributed by atoms with Gasteiger partial charge >= 0.3 is 6.09 Å². The molecule has 0 saturated carbocycles. The summed E-state index contributed by atoms with van der Waals surface area (Å²) >= 11 is 0. The summed E-state index contributed by atoms with van der Waals surface area (Å²) in [7, 11) is 6.15. The standard InChI is InChI=1S/C25H24FNO6/c1-29-21-12-7-16(5-6-17-14-22(30-2)24(32-4)23(15-17)31-3)13-20(21)27-25(28)33-19-10-8-18(26)9-11-19/h5-15H,1-4H3,(H,27,28)/b6-5-. The average molecular weight is 453 g/mol. The molecule has 0 aliphatic carbocycles. The molecular weight excluding hydrogens is 429 g/mol. The van der Waals surface area contributed by atoms with E-state index >= 15 is 0 Å². The lowest BCUT2D eigenvalue weighted by atomic mass is 10.1. The minimum Gasteiger partial charge on any atom is -0.495 e. The Hall–Kier alpha value is -4.20. The number of hydrogen-bond donors (Lipinski definition) is 1. The van der Waals surface area contributed by atoms with Crippen molar-refractivity contribution in [3.05, 3.63) is 71.5 Å². The van der Waals surface area contributed by atoms with Crippen molar-refractivity contribution in [3.8, 4) is 28.7 Å². The smallest absolute Gasteiger partial charge is 0.417 e. The predicted octanol–water partition coefficient (Wildman–Crippen LogP) is 5.64. The van der Waals surface area contributed by atoms with E-state index in [2.05, 4.69) is 5.32 Å². The predicted molar refractivity (Wildman–Crippen MR) is 124 cm³/mol. The van der Waals surface area contributed by atoms with Gasteiger partial charge in [0.1, 0.15) is 17.3 Å². The monoisotopic (exact) mass is 453 g/mol. The minimum absolute atomic E-state index is 0.214. The van der Waals surface area contributed by atoms with Crippen LogP contribution in [0.15, 0.2) is 54.6 Å². The summed E-state index contributed by atoms with van der Waals surface area (Å²) in [5.74, 6) is 1.83. The van der Waals surface area contributed by atoms with Gasteiger partial charge in [-0.2, -0.15) is 0 Å². The van der Waals surface area contributed by atoms with E-state index in [4.69, 9.17) is 23.7 Å². The molecule has 1 N–H and O–H groups in total. The molecule has 8 heteroatoms. The van der Waals surface area contributed by atoms with E-state index in [0.717, 1.165) is 11.1 Å². The van der Waals surface area contributed by atoms with Gasteiger partial charge in [0, 0.05) is 0 Å². The summed E-state index contributed by atoms with van der Waals surface area (Å²) in [5.41, 5.74) is 2.03. The first-order valence-electron chi connectivity index (χ1n) is 9.88. The van der Waals surface area contributed by atoms with Crippen molar-refractivity contribution >= 4 is 23.9 Å². The second kappa shape index (κ2) is 10.9. The molecule has 7 nitrogen and oxygen atoms in total. The van der Waals surface area contributed by atoms with Crippen molar-refractivity contribution in [3.63, 3.8) is 0 Å². The zero-order chi connectivity index (χ0) is 23.8. The van der Waals surface area contributed by atoms with Gasteiger partial charge in [-0.1, -0.05) is 18.2 Å². The van der Waals surface area contributed by atoms with Gasteiger partial charge in [-0.15, -0.1) is 0 Å². The van der Waals surface area contributed by atoms with Gasteiger partial charge in [0.25, 0.3) is 0 Å². The molecule has 1 amide bonds. The maximum Gasteiger partial charge on any atom is 0.417 e. The van der Waals surface area contributed by atoms with E-state index in [1.54, 1.807) is 33.5 Å². The number of anilines is 1. The number of hydrogen-bond acceptors (Lipinski definition) is 6. The first kappa shape index (κ1) is 23.5. The van der Waals surface area contributed by atoms with E-state index in [1.807, 2.05) is 30.4 Å². The van der Waals surface area contributed by atoms with E-state index in [-0.39, 0.29) is 5.75 Å². The van der Waals surface area contributed by atoms with Crippen molar-refractivity contribution in [1.29, 1.82) is 0 Å². The molecule has 0 atom stereocenters. The summed E-state index contributed by atoms with van der Waals surface area (Å²) < 4.78 is 39.7. The Morgan fingerprint density at radius 2 is 1.36 bits per heavy atom. The molecule has 0 aliphatic rings. The van der Waals surface area contributed by atoms with Crippen LogP contribution in [0, 0.1) is 5.82 Å². The van der Waals surface area contributed by atoms with Gasteiger partial charge in [0.15, 0.2) is 11.5 Å². The number of nitrogens with one attached hydrogen (secondary N) is 1. The maximum atomic E-state index is 13.0. The second-order valence-electron chi connectivity index (χ2n) is 6.72. The number of rotatable bonds is 8. The van der Waals surface area contributed by atoms with E-state index in [0.29, 0.717) is 28.7 Å². The van der Waals surface area contributed by atoms with E-state index < -0.39 is 11.9 Å². The molecule has 3 aromatic carbocycles. The molecule has 0 bridgehead atoms. The summed E-state index contributed by atoms with van der Waals surface area (Å²) in [6.45, 7) is 0. The molecule has 0 fully saturated rings. The molecule has 0 heterocycles. The van der Waals surface area contributed by atoms with Gasteiger partial charge in [-0.25, -0.2) is 9.18 Å². The molecule has 0 saturated heterocycles. The van der Waals surface area contributed by atoms with Crippen LogP contribution in [0.1, 0.15) is 11.1 Å². The molecule has 3 aromatic rings. The third kappa shape index (κ3) is 5.94. The number of ether oxygens (including phenoxy) is 5. The van der Waals surface area contributed by atoms with Crippen molar-refractivity contribution in [2.45, 2.75) is 0 Å². The van der Waals surface area contributed by atoms with E-state index in [9.17, 15) is 9.18 Å². The fourth-order valence-corrected chi connectivity index (χ4v) is 3.06. The number of halogens is 1. The molecule has 33 heavy (non-hydrogen) atoms. The molecule has 0 aromatic heterocycles. The number of methoxy groups -OCH3 is 4. The topological polar surface area (TPSA) is 75.3 Å². The average Bonchev–Trinajstić information content (AvgIpc) is 2.83.